The van der Waals surface area contributed by atoms with Crippen molar-refractivity contribution < 1.29 is 0 Å². The lowest BCUT2D eigenvalue weighted by Gasteiger charge is -2.24. The first-order valence-corrected chi connectivity index (χ1v) is 18.2. The molecule has 0 amide bonds. The molecule has 10 rings (SSSR count). The third kappa shape index (κ3) is 5.16. The summed E-state index contributed by atoms with van der Waals surface area (Å²) >= 11 is 0. The molecule has 0 N–H and O–H groups in total. The number of hydrogen-bond donors (Lipinski definition) is 0. The molecule has 3 nitrogen and oxygen atoms in total. The second kappa shape index (κ2) is 12.2. The third-order valence-electron chi connectivity index (χ3n) is 11.0. The van der Waals surface area contributed by atoms with Crippen LogP contribution in [0.3, 0.4) is 0 Å². The molecule has 0 radical (unpaired) electrons. The van der Waals surface area contributed by atoms with Gasteiger partial charge in [-0.3, -0.25) is 4.98 Å². The molecular formula is C50H35N3. The van der Waals surface area contributed by atoms with Gasteiger partial charge in [0.2, 0.25) is 0 Å². The Morgan fingerprint density at radius 2 is 1.04 bits per heavy atom. The Bertz CT molecular complexity index is 2840. The second-order valence-electron chi connectivity index (χ2n) is 14.4. The van der Waals surface area contributed by atoms with Crippen molar-refractivity contribution in [2.75, 3.05) is 0 Å². The average molecular weight is 678 g/mol. The van der Waals surface area contributed by atoms with Crippen molar-refractivity contribution in [3.63, 3.8) is 0 Å². The van der Waals surface area contributed by atoms with E-state index in [4.69, 9.17) is 9.97 Å². The lowest BCUT2D eigenvalue weighted by molar-refractivity contribution is 0.666. The first kappa shape index (κ1) is 31.1. The fourth-order valence-electron chi connectivity index (χ4n) is 8.36. The normalized spacial score (nSPS) is 12.9. The molecule has 3 heteroatoms. The number of fused-ring (bicyclic) bond motifs is 6. The highest BCUT2D eigenvalue weighted by Crippen LogP contribution is 2.52. The zero-order valence-electron chi connectivity index (χ0n) is 29.6. The van der Waals surface area contributed by atoms with Gasteiger partial charge in [0.15, 0.2) is 5.82 Å². The predicted octanol–water partition coefficient (Wildman–Crippen LogP) is 12.8. The Balaban J connectivity index is 1.10. The van der Waals surface area contributed by atoms with Crippen LogP contribution in [0.2, 0.25) is 0 Å². The second-order valence-corrected chi connectivity index (χ2v) is 14.4. The molecule has 2 aromatic heterocycles. The van der Waals surface area contributed by atoms with E-state index >= 15 is 0 Å². The van der Waals surface area contributed by atoms with Crippen LogP contribution >= 0.6 is 0 Å². The molecule has 0 spiro atoms. The van der Waals surface area contributed by atoms with Crippen LogP contribution in [0.15, 0.2) is 176 Å². The molecule has 0 atom stereocenters. The van der Waals surface area contributed by atoms with Crippen LogP contribution in [-0.2, 0) is 5.41 Å². The number of pyridine rings is 1. The molecule has 0 fully saturated rings. The smallest absolute Gasteiger partial charge is 0.160 e. The van der Waals surface area contributed by atoms with Gasteiger partial charge in [0, 0.05) is 34.5 Å². The van der Waals surface area contributed by atoms with E-state index in [1.54, 1.807) is 6.20 Å². The van der Waals surface area contributed by atoms with Gasteiger partial charge in [-0.2, -0.15) is 0 Å². The highest BCUT2D eigenvalue weighted by atomic mass is 14.9. The highest BCUT2D eigenvalue weighted by molar-refractivity contribution is 6.05. The van der Waals surface area contributed by atoms with E-state index in [1.165, 1.54) is 49.5 Å². The SMILES string of the molecule is CC1(C)c2cc(-c3ccc(-c4cc(-c5ccc(-c6cccnc6)cc5)nc(-c5ccccc5)n4)c4ccccc34)ccc2-c2ccc3ccccc3c21. The molecule has 53 heavy (non-hydrogen) atoms. The molecular weight excluding hydrogens is 643 g/mol. The Labute approximate surface area is 309 Å². The number of rotatable bonds is 5. The Morgan fingerprint density at radius 1 is 0.415 bits per heavy atom. The molecule has 0 saturated heterocycles. The minimum absolute atomic E-state index is 0.126. The van der Waals surface area contributed by atoms with E-state index in [2.05, 4.69) is 158 Å². The molecule has 0 saturated carbocycles. The molecule has 0 aliphatic heterocycles. The zero-order chi connectivity index (χ0) is 35.5. The summed E-state index contributed by atoms with van der Waals surface area (Å²) in [6.45, 7) is 4.75. The van der Waals surface area contributed by atoms with Gasteiger partial charge in [0.05, 0.1) is 11.4 Å². The van der Waals surface area contributed by atoms with Gasteiger partial charge in [0.25, 0.3) is 0 Å². The lowest BCUT2D eigenvalue weighted by atomic mass is 9.79. The van der Waals surface area contributed by atoms with Crippen molar-refractivity contribution in [1.29, 1.82) is 0 Å². The fourth-order valence-corrected chi connectivity index (χ4v) is 8.36. The zero-order valence-corrected chi connectivity index (χ0v) is 29.6. The molecule has 1 aliphatic rings. The summed E-state index contributed by atoms with van der Waals surface area (Å²) < 4.78 is 0. The number of benzene rings is 7. The molecule has 2 heterocycles. The van der Waals surface area contributed by atoms with Gasteiger partial charge in [-0.1, -0.05) is 159 Å². The highest BCUT2D eigenvalue weighted by Gasteiger charge is 2.37. The van der Waals surface area contributed by atoms with E-state index < -0.39 is 0 Å². The lowest BCUT2D eigenvalue weighted by Crippen LogP contribution is -2.15. The van der Waals surface area contributed by atoms with Gasteiger partial charge in [-0.25, -0.2) is 9.97 Å². The van der Waals surface area contributed by atoms with E-state index in [-0.39, 0.29) is 5.41 Å². The van der Waals surface area contributed by atoms with Gasteiger partial charge in [0.1, 0.15) is 0 Å². The molecule has 0 bridgehead atoms. The summed E-state index contributed by atoms with van der Waals surface area (Å²) in [6, 6.07) is 58.6. The van der Waals surface area contributed by atoms with Gasteiger partial charge < -0.3 is 0 Å². The maximum Gasteiger partial charge on any atom is 0.160 e. The van der Waals surface area contributed by atoms with Gasteiger partial charge >= 0.3 is 0 Å². The van der Waals surface area contributed by atoms with Crippen molar-refractivity contribution in [2.24, 2.45) is 0 Å². The summed E-state index contributed by atoms with van der Waals surface area (Å²) in [7, 11) is 0. The summed E-state index contributed by atoms with van der Waals surface area (Å²) in [5.74, 6) is 0.704. The van der Waals surface area contributed by atoms with Crippen molar-refractivity contribution in [3.05, 3.63) is 187 Å². The van der Waals surface area contributed by atoms with Crippen LogP contribution < -0.4 is 0 Å². The van der Waals surface area contributed by atoms with Crippen LogP contribution in [0.4, 0.5) is 0 Å². The summed E-state index contributed by atoms with van der Waals surface area (Å²) in [4.78, 5) is 14.6. The predicted molar refractivity (Wildman–Crippen MR) is 220 cm³/mol. The Morgan fingerprint density at radius 3 is 1.83 bits per heavy atom. The summed E-state index contributed by atoms with van der Waals surface area (Å²) in [5.41, 5.74) is 14.9. The molecule has 0 unspecified atom stereocenters. The molecule has 250 valence electrons. The quantitative estimate of drug-likeness (QED) is 0.182. The first-order valence-electron chi connectivity index (χ1n) is 18.2. The summed E-state index contributed by atoms with van der Waals surface area (Å²) in [5, 5.41) is 4.99. The monoisotopic (exact) mass is 677 g/mol. The molecule has 7 aromatic carbocycles. The Hall–Kier alpha value is -6.71. The molecule has 9 aromatic rings. The van der Waals surface area contributed by atoms with Gasteiger partial charge in [-0.15, -0.1) is 0 Å². The van der Waals surface area contributed by atoms with E-state index in [0.717, 1.165) is 44.6 Å². The third-order valence-corrected chi connectivity index (χ3v) is 11.0. The van der Waals surface area contributed by atoms with Crippen molar-refractivity contribution in [2.45, 2.75) is 19.3 Å². The Kier molecular flexibility index (Phi) is 7.16. The van der Waals surface area contributed by atoms with Crippen molar-refractivity contribution in [1.82, 2.24) is 15.0 Å². The standard InChI is InChI=1S/C50H35N3/c1-50(2)45-29-36(23-24-42(45)44-25-22-33-11-6-7-15-39(33)48(44)50)38-26-27-43(41-17-9-8-16-40(38)41)47-30-46(52-49(53-47)35-12-4-3-5-13-35)34-20-18-32(19-21-34)37-14-10-28-51-31-37/h3-31H,1-2H3. The maximum atomic E-state index is 5.21. The fraction of sp³-hybridized carbons (Fsp3) is 0.0600. The van der Waals surface area contributed by atoms with Crippen LogP contribution in [0.5, 0.6) is 0 Å². The number of hydrogen-bond acceptors (Lipinski definition) is 3. The van der Waals surface area contributed by atoms with Crippen LogP contribution in [-0.4, -0.2) is 15.0 Å². The van der Waals surface area contributed by atoms with E-state index in [0.29, 0.717) is 5.82 Å². The summed E-state index contributed by atoms with van der Waals surface area (Å²) in [6.07, 6.45) is 3.69. The topological polar surface area (TPSA) is 38.7 Å². The van der Waals surface area contributed by atoms with Crippen molar-refractivity contribution >= 4 is 21.5 Å². The maximum absolute atomic E-state index is 5.21. The minimum atomic E-state index is -0.126. The average Bonchev–Trinajstić information content (AvgIpc) is 3.46. The minimum Gasteiger partial charge on any atom is -0.264 e. The van der Waals surface area contributed by atoms with Crippen LogP contribution in [0.1, 0.15) is 25.0 Å². The number of aromatic nitrogens is 3. The number of nitrogens with zero attached hydrogens (tertiary/aromatic N) is 3. The van der Waals surface area contributed by atoms with E-state index in [9.17, 15) is 0 Å². The largest absolute Gasteiger partial charge is 0.264 e. The van der Waals surface area contributed by atoms with Crippen LogP contribution in [0.25, 0.3) is 88.8 Å². The molecule has 1 aliphatic carbocycles. The van der Waals surface area contributed by atoms with Crippen molar-refractivity contribution in [3.8, 4) is 67.3 Å². The van der Waals surface area contributed by atoms with E-state index in [1.807, 2.05) is 30.5 Å². The first-order chi connectivity index (χ1) is 26.0. The van der Waals surface area contributed by atoms with Gasteiger partial charge in [-0.05, 0) is 84.3 Å². The van der Waals surface area contributed by atoms with Crippen LogP contribution in [0, 0.1) is 0 Å².